The molecule has 0 aromatic heterocycles. The van der Waals surface area contributed by atoms with Crippen molar-refractivity contribution in [3.8, 4) is 17.6 Å². The third-order valence-corrected chi connectivity index (χ3v) is 4.56. The molecule has 2 aromatic rings. The van der Waals surface area contributed by atoms with E-state index >= 15 is 0 Å². The summed E-state index contributed by atoms with van der Waals surface area (Å²) in [6, 6.07) is 16.9. The lowest BCUT2D eigenvalue weighted by atomic mass is 10.1. The highest BCUT2D eigenvalue weighted by Gasteiger charge is 2.20. The van der Waals surface area contributed by atoms with Gasteiger partial charge < -0.3 is 9.47 Å². The van der Waals surface area contributed by atoms with Gasteiger partial charge in [-0.1, -0.05) is 11.6 Å². The molecule has 0 bridgehead atoms. The molecule has 25 heavy (non-hydrogen) atoms. The molecule has 1 heterocycles. The lowest BCUT2D eigenvalue weighted by molar-refractivity contribution is 0.0915. The average molecular weight is 357 g/mol. The van der Waals surface area contributed by atoms with E-state index in [-0.39, 0.29) is 6.10 Å². The first kappa shape index (κ1) is 17.6. The Hall–Kier alpha value is -2.22. The number of piperidine rings is 1. The van der Waals surface area contributed by atoms with Crippen molar-refractivity contribution in [2.45, 2.75) is 18.9 Å². The molecule has 130 valence electrons. The standard InChI is InChI=1S/C20H21ClN2O2/c21-17-3-7-18(8-4-17)24-14-13-23-11-9-20(10-12-23)25-19-5-1-16(15-22)2-6-19/h1-8,20H,9-14H2. The molecule has 0 saturated carbocycles. The van der Waals surface area contributed by atoms with Gasteiger partial charge in [0.2, 0.25) is 0 Å². The Bertz CT molecular complexity index is 702. The second-order valence-electron chi connectivity index (χ2n) is 6.10. The van der Waals surface area contributed by atoms with E-state index in [4.69, 9.17) is 26.3 Å². The van der Waals surface area contributed by atoms with Crippen molar-refractivity contribution in [2.24, 2.45) is 0 Å². The van der Waals surface area contributed by atoms with Crippen LogP contribution in [-0.4, -0.2) is 37.2 Å². The molecule has 1 aliphatic heterocycles. The third-order valence-electron chi connectivity index (χ3n) is 4.31. The Labute approximate surface area is 153 Å². The molecule has 0 radical (unpaired) electrons. The average Bonchev–Trinajstić information content (AvgIpc) is 2.65. The van der Waals surface area contributed by atoms with E-state index in [0.717, 1.165) is 49.0 Å². The molecule has 0 spiro atoms. The van der Waals surface area contributed by atoms with Crippen LogP contribution in [0.3, 0.4) is 0 Å². The fraction of sp³-hybridized carbons (Fsp3) is 0.350. The monoisotopic (exact) mass is 356 g/mol. The van der Waals surface area contributed by atoms with E-state index in [1.165, 1.54) is 0 Å². The Morgan fingerprint density at radius 1 is 1.00 bits per heavy atom. The molecule has 1 saturated heterocycles. The Morgan fingerprint density at radius 2 is 1.64 bits per heavy atom. The largest absolute Gasteiger partial charge is 0.492 e. The molecule has 0 atom stereocenters. The van der Waals surface area contributed by atoms with Gasteiger partial charge in [-0.2, -0.15) is 5.26 Å². The predicted octanol–water partition coefficient (Wildman–Crippen LogP) is 4.13. The number of hydrogen-bond donors (Lipinski definition) is 0. The Morgan fingerprint density at radius 3 is 2.28 bits per heavy atom. The first-order chi connectivity index (χ1) is 12.2. The first-order valence-corrected chi connectivity index (χ1v) is 8.88. The highest BCUT2D eigenvalue weighted by Crippen LogP contribution is 2.20. The highest BCUT2D eigenvalue weighted by molar-refractivity contribution is 6.30. The number of nitrogens with zero attached hydrogens (tertiary/aromatic N) is 2. The van der Waals surface area contributed by atoms with Gasteiger partial charge in [0.15, 0.2) is 0 Å². The van der Waals surface area contributed by atoms with Crippen molar-refractivity contribution in [3.63, 3.8) is 0 Å². The van der Waals surface area contributed by atoms with Gasteiger partial charge in [-0.25, -0.2) is 0 Å². The van der Waals surface area contributed by atoms with E-state index in [9.17, 15) is 0 Å². The summed E-state index contributed by atoms with van der Waals surface area (Å²) in [5.41, 5.74) is 0.655. The topological polar surface area (TPSA) is 45.5 Å². The van der Waals surface area contributed by atoms with Crippen molar-refractivity contribution in [1.82, 2.24) is 4.90 Å². The van der Waals surface area contributed by atoms with Crippen molar-refractivity contribution in [2.75, 3.05) is 26.2 Å². The number of likely N-dealkylation sites (tertiary alicyclic amines) is 1. The number of benzene rings is 2. The number of hydrogen-bond acceptors (Lipinski definition) is 4. The van der Waals surface area contributed by atoms with Gasteiger partial charge >= 0.3 is 0 Å². The van der Waals surface area contributed by atoms with Gasteiger partial charge in [-0.15, -0.1) is 0 Å². The summed E-state index contributed by atoms with van der Waals surface area (Å²) in [5, 5.41) is 9.54. The first-order valence-electron chi connectivity index (χ1n) is 8.50. The van der Waals surface area contributed by atoms with Crippen LogP contribution >= 0.6 is 11.6 Å². The minimum Gasteiger partial charge on any atom is -0.492 e. The molecule has 1 aliphatic rings. The summed E-state index contributed by atoms with van der Waals surface area (Å²) < 4.78 is 11.8. The van der Waals surface area contributed by atoms with Crippen LogP contribution in [0.4, 0.5) is 0 Å². The molecule has 3 rings (SSSR count). The van der Waals surface area contributed by atoms with E-state index in [1.54, 1.807) is 12.1 Å². The normalized spacial score (nSPS) is 15.5. The molecule has 2 aromatic carbocycles. The minimum atomic E-state index is 0.237. The Balaban J connectivity index is 1.36. The maximum Gasteiger partial charge on any atom is 0.119 e. The molecule has 5 heteroatoms. The molecule has 4 nitrogen and oxygen atoms in total. The second kappa shape index (κ2) is 8.75. The smallest absolute Gasteiger partial charge is 0.119 e. The van der Waals surface area contributed by atoms with E-state index < -0.39 is 0 Å². The fourth-order valence-corrected chi connectivity index (χ4v) is 3.00. The van der Waals surface area contributed by atoms with Crippen LogP contribution in [-0.2, 0) is 0 Å². The summed E-state index contributed by atoms with van der Waals surface area (Å²) in [6.07, 6.45) is 2.24. The molecule has 0 aliphatic carbocycles. The molecular formula is C20H21ClN2O2. The predicted molar refractivity (Wildman–Crippen MR) is 98.2 cm³/mol. The van der Waals surface area contributed by atoms with E-state index in [0.29, 0.717) is 12.2 Å². The van der Waals surface area contributed by atoms with Gasteiger partial charge in [-0.3, -0.25) is 4.90 Å². The third kappa shape index (κ3) is 5.38. The van der Waals surface area contributed by atoms with Crippen molar-refractivity contribution < 1.29 is 9.47 Å². The van der Waals surface area contributed by atoms with E-state index in [1.807, 2.05) is 36.4 Å². The van der Waals surface area contributed by atoms with Gasteiger partial charge in [0.05, 0.1) is 11.6 Å². The lowest BCUT2D eigenvalue weighted by Gasteiger charge is -2.32. The summed E-state index contributed by atoms with van der Waals surface area (Å²) in [5.74, 6) is 1.69. The van der Waals surface area contributed by atoms with Gasteiger partial charge in [0.25, 0.3) is 0 Å². The van der Waals surface area contributed by atoms with Gasteiger partial charge in [0, 0.05) is 24.7 Å². The van der Waals surface area contributed by atoms with Gasteiger partial charge in [0.1, 0.15) is 24.2 Å². The van der Waals surface area contributed by atoms with Crippen LogP contribution in [0.1, 0.15) is 18.4 Å². The summed E-state index contributed by atoms with van der Waals surface area (Å²) in [4.78, 5) is 2.40. The fourth-order valence-electron chi connectivity index (χ4n) is 2.87. The SMILES string of the molecule is N#Cc1ccc(OC2CCN(CCOc3ccc(Cl)cc3)CC2)cc1. The molecule has 0 amide bonds. The summed E-state index contributed by atoms with van der Waals surface area (Å²) in [7, 11) is 0. The molecule has 0 N–H and O–H groups in total. The lowest BCUT2D eigenvalue weighted by Crippen LogP contribution is -2.40. The minimum absolute atomic E-state index is 0.237. The van der Waals surface area contributed by atoms with Crippen molar-refractivity contribution >= 4 is 11.6 Å². The molecule has 1 fully saturated rings. The van der Waals surface area contributed by atoms with Crippen LogP contribution in [0.5, 0.6) is 11.5 Å². The van der Waals surface area contributed by atoms with Crippen molar-refractivity contribution in [3.05, 3.63) is 59.1 Å². The number of rotatable bonds is 6. The maximum atomic E-state index is 8.82. The van der Waals surface area contributed by atoms with Gasteiger partial charge in [-0.05, 0) is 61.4 Å². The van der Waals surface area contributed by atoms with E-state index in [2.05, 4.69) is 11.0 Å². The number of nitriles is 1. The molecular weight excluding hydrogens is 336 g/mol. The Kier molecular flexibility index (Phi) is 6.16. The molecule has 0 unspecified atom stereocenters. The van der Waals surface area contributed by atoms with Crippen LogP contribution in [0, 0.1) is 11.3 Å². The number of ether oxygens (including phenoxy) is 2. The zero-order valence-corrected chi connectivity index (χ0v) is 14.8. The summed E-state index contributed by atoms with van der Waals surface area (Å²) >= 11 is 5.86. The van der Waals surface area contributed by atoms with Crippen LogP contribution in [0.2, 0.25) is 5.02 Å². The van der Waals surface area contributed by atoms with Crippen LogP contribution in [0.15, 0.2) is 48.5 Å². The second-order valence-corrected chi connectivity index (χ2v) is 6.53. The van der Waals surface area contributed by atoms with Crippen LogP contribution < -0.4 is 9.47 Å². The number of halogens is 1. The zero-order chi connectivity index (χ0) is 17.5. The summed E-state index contributed by atoms with van der Waals surface area (Å²) in [6.45, 7) is 3.59. The maximum absolute atomic E-state index is 8.82. The zero-order valence-electron chi connectivity index (χ0n) is 14.0. The van der Waals surface area contributed by atoms with Crippen LogP contribution in [0.25, 0.3) is 0 Å². The highest BCUT2D eigenvalue weighted by atomic mass is 35.5. The quantitative estimate of drug-likeness (QED) is 0.780. The van der Waals surface area contributed by atoms with Crippen molar-refractivity contribution in [1.29, 1.82) is 5.26 Å².